The molecule has 4 aliphatic heterocycles. The Kier molecular flexibility index (Phi) is 19.3. The highest BCUT2D eigenvalue weighted by molar-refractivity contribution is 7.10. The summed E-state index contributed by atoms with van der Waals surface area (Å²) in [6.45, 7) is 2.97. The lowest BCUT2D eigenvalue weighted by Gasteiger charge is -2.32. The third-order valence-corrected chi connectivity index (χ3v) is 18.7. The second-order valence-corrected chi connectivity index (χ2v) is 22.8. The average Bonchev–Trinajstić information content (AvgIpc) is 3.78. The molecule has 0 saturated heterocycles. The minimum absolute atomic E-state index is 0.0115. The van der Waals surface area contributed by atoms with Crippen LogP contribution in [0.25, 0.3) is 0 Å². The van der Waals surface area contributed by atoms with E-state index < -0.39 is 12.0 Å². The van der Waals surface area contributed by atoms with Gasteiger partial charge in [-0.2, -0.15) is 0 Å². The van der Waals surface area contributed by atoms with Gasteiger partial charge in [0.2, 0.25) is 23.6 Å². The summed E-state index contributed by atoms with van der Waals surface area (Å²) in [5, 5.41) is 12.5. The van der Waals surface area contributed by atoms with Crippen molar-refractivity contribution in [3.05, 3.63) is 64.3 Å². The normalized spacial score (nSPS) is 23.8. The van der Waals surface area contributed by atoms with Gasteiger partial charge in [0, 0.05) is 70.0 Å². The highest BCUT2D eigenvalue weighted by atomic mass is 32.1. The Bertz CT molecular complexity index is 2440. The van der Waals surface area contributed by atoms with Crippen molar-refractivity contribution >= 4 is 74.9 Å². The summed E-state index contributed by atoms with van der Waals surface area (Å²) in [5.74, 6) is 0.213. The molecule has 0 aromatic carbocycles. The second-order valence-electron chi connectivity index (χ2n) is 19.3. The molecule has 4 N–H and O–H groups in total. The van der Waals surface area contributed by atoms with Gasteiger partial charge in [-0.25, -0.2) is 19.9 Å². The molecule has 3 aliphatic carbocycles. The number of aromatic nitrogens is 4. The Hall–Kier alpha value is -4.29. The zero-order valence-corrected chi connectivity index (χ0v) is 45.6. The van der Waals surface area contributed by atoms with Crippen LogP contribution in [0, 0.1) is 0 Å². The quantitative estimate of drug-likeness (QED) is 0.126. The predicted molar refractivity (Wildman–Crippen MR) is 281 cm³/mol. The largest absolute Gasteiger partial charge is 0.468 e. The minimum Gasteiger partial charge on any atom is -0.468 e. The smallest absolute Gasteiger partial charge is 0.325 e. The van der Waals surface area contributed by atoms with E-state index in [1.54, 1.807) is 46.6 Å². The summed E-state index contributed by atoms with van der Waals surface area (Å²) in [7, 11) is 8.64. The maximum atomic E-state index is 12.9. The van der Waals surface area contributed by atoms with Gasteiger partial charge in [-0.1, -0.05) is 38.5 Å². The number of carbonyl (C=O) groups is 5. The maximum Gasteiger partial charge on any atom is 0.325 e. The summed E-state index contributed by atoms with van der Waals surface area (Å²) in [4.78, 5) is 91.1. The van der Waals surface area contributed by atoms with Crippen molar-refractivity contribution in [2.24, 2.45) is 0 Å². The molecule has 72 heavy (non-hydrogen) atoms. The first-order valence-electron chi connectivity index (χ1n) is 25.8. The Morgan fingerprint density at radius 2 is 0.792 bits per heavy atom. The molecule has 0 radical (unpaired) electrons. The second kappa shape index (κ2) is 25.8. The molecule has 11 rings (SSSR count). The van der Waals surface area contributed by atoms with E-state index in [0.717, 1.165) is 81.2 Å². The number of methoxy groups -OCH3 is 1. The molecule has 0 bridgehead atoms. The average molecular weight is 1070 g/mol. The van der Waals surface area contributed by atoms with E-state index in [1.807, 2.05) is 42.6 Å². The standard InChI is InChI=1S/C15H23N3OS.C13H19N3OS.C11H15N3O3S.C11H15N3OS/c1-16-13-14-12(17-10-20-14)8-9-18(15(13)19)11-6-4-2-3-5-7-11;1-14-11-12-10(15-8-18-12)6-7-16(13(11)17)9-4-2-3-5-9;1-12-9-10-7(13-6-18-10)3-4-14(11(9)16)5-8(15)17-2;1-12-9-10-8(13-6-16-10)4-5-14(11(9)15)7-2-3-7/h10-11,13,16H,2-9H2,1H3;8-9,11,14H,2-7H2,1H3;6,9,12H,3-5H2,1-2H3;6-7,9,12H,2-5H2,1H3. The van der Waals surface area contributed by atoms with Crippen LogP contribution in [0.1, 0.15) is 144 Å². The van der Waals surface area contributed by atoms with Gasteiger partial charge in [0.15, 0.2) is 0 Å². The Labute approximate surface area is 439 Å². The van der Waals surface area contributed by atoms with E-state index in [-0.39, 0.29) is 48.3 Å². The SMILES string of the molecule is CNC1C(=O)N(C2CC2)CCc2ncsc21.CNC1C(=O)N(C2CCCC2)CCc2ncsc21.CNC1C(=O)N(C2CCCCCC2)CCc2ncsc21.CNC1C(=O)N(CC(=O)OC)CCc2ncsc21. The molecule has 4 amide bonds. The first kappa shape index (κ1) is 54.0. The van der Waals surface area contributed by atoms with Crippen LogP contribution in [0.5, 0.6) is 0 Å². The molecule has 22 heteroatoms. The number of amides is 4. The summed E-state index contributed by atoms with van der Waals surface area (Å²) < 4.78 is 4.60. The van der Waals surface area contributed by atoms with Gasteiger partial charge < -0.3 is 45.6 Å². The molecule has 4 aromatic rings. The summed E-state index contributed by atoms with van der Waals surface area (Å²) >= 11 is 6.26. The molecule has 0 spiro atoms. The zero-order valence-electron chi connectivity index (χ0n) is 42.4. The van der Waals surface area contributed by atoms with Crippen LogP contribution >= 0.6 is 45.3 Å². The number of hydrogen-bond donors (Lipinski definition) is 4. The number of ether oxygens (including phenoxy) is 1. The first-order chi connectivity index (χ1) is 35.1. The van der Waals surface area contributed by atoms with Gasteiger partial charge in [-0.05, 0) is 66.7 Å². The third kappa shape index (κ3) is 12.4. The van der Waals surface area contributed by atoms with Gasteiger partial charge in [0.25, 0.3) is 0 Å². The lowest BCUT2D eigenvalue weighted by atomic mass is 10.1. The molecule has 392 valence electrons. The number of carbonyl (C=O) groups excluding carboxylic acids is 5. The fourth-order valence-electron chi connectivity index (χ4n) is 10.9. The Morgan fingerprint density at radius 1 is 0.486 bits per heavy atom. The Morgan fingerprint density at radius 3 is 1.11 bits per heavy atom. The van der Waals surface area contributed by atoms with Crippen molar-refractivity contribution < 1.29 is 28.7 Å². The van der Waals surface area contributed by atoms with Crippen molar-refractivity contribution in [3.63, 3.8) is 0 Å². The lowest BCUT2D eigenvalue weighted by molar-refractivity contribution is -0.147. The number of rotatable bonds is 9. The van der Waals surface area contributed by atoms with Crippen LogP contribution in [0.2, 0.25) is 0 Å². The van der Waals surface area contributed by atoms with Crippen LogP contribution in [-0.2, 0) is 54.4 Å². The molecule has 7 aliphatic rings. The van der Waals surface area contributed by atoms with Crippen LogP contribution < -0.4 is 21.3 Å². The van der Waals surface area contributed by atoms with Crippen LogP contribution in [0.4, 0.5) is 0 Å². The van der Waals surface area contributed by atoms with E-state index in [9.17, 15) is 24.0 Å². The van der Waals surface area contributed by atoms with Crippen molar-refractivity contribution in [3.8, 4) is 0 Å². The number of hydrogen-bond acceptors (Lipinski definition) is 18. The van der Waals surface area contributed by atoms with Crippen molar-refractivity contribution in [2.75, 3.05) is 68.0 Å². The van der Waals surface area contributed by atoms with Crippen LogP contribution in [0.15, 0.2) is 22.0 Å². The molecule has 4 aromatic heterocycles. The zero-order chi connectivity index (χ0) is 50.7. The van der Waals surface area contributed by atoms with Crippen LogP contribution in [0.3, 0.4) is 0 Å². The number of likely N-dealkylation sites (N-methyl/N-ethyl adjacent to an activating group) is 4. The van der Waals surface area contributed by atoms with Gasteiger partial charge in [0.1, 0.15) is 30.7 Å². The van der Waals surface area contributed by atoms with Crippen molar-refractivity contribution in [1.82, 2.24) is 60.8 Å². The van der Waals surface area contributed by atoms with E-state index in [4.69, 9.17) is 0 Å². The van der Waals surface area contributed by atoms with Gasteiger partial charge in [-0.15, -0.1) is 45.3 Å². The van der Waals surface area contributed by atoms with E-state index in [2.05, 4.69) is 55.7 Å². The number of nitrogens with one attached hydrogen (secondary N) is 4. The Balaban J connectivity index is 0.000000129. The minimum atomic E-state index is -0.417. The highest BCUT2D eigenvalue weighted by Crippen LogP contribution is 2.36. The number of thiazole rings is 4. The first-order valence-corrected chi connectivity index (χ1v) is 29.3. The molecule has 4 unspecified atom stereocenters. The summed E-state index contributed by atoms with van der Waals surface area (Å²) in [6.07, 6.45) is 18.1. The van der Waals surface area contributed by atoms with Crippen molar-refractivity contribution in [1.29, 1.82) is 0 Å². The lowest BCUT2D eigenvalue weighted by Crippen LogP contribution is -2.45. The molecular weight excluding hydrogens is 993 g/mol. The molecular formula is C50H72N12O6S4. The van der Waals surface area contributed by atoms with E-state index in [1.165, 1.54) is 100 Å². The maximum absolute atomic E-state index is 12.9. The summed E-state index contributed by atoms with van der Waals surface area (Å²) in [6, 6.07) is 0.429. The fraction of sp³-hybridized carbons (Fsp3) is 0.660. The van der Waals surface area contributed by atoms with E-state index >= 15 is 0 Å². The topological polar surface area (TPSA) is 207 Å². The number of nitrogens with zero attached hydrogens (tertiary/aromatic N) is 8. The molecule has 18 nitrogen and oxygen atoms in total. The van der Waals surface area contributed by atoms with Gasteiger partial charge in [-0.3, -0.25) is 24.0 Å². The van der Waals surface area contributed by atoms with Gasteiger partial charge in [0.05, 0.1) is 71.4 Å². The molecule has 3 fully saturated rings. The number of fused-ring (bicyclic) bond motifs is 4. The highest BCUT2D eigenvalue weighted by Gasteiger charge is 2.40. The molecule has 3 saturated carbocycles. The van der Waals surface area contributed by atoms with Crippen molar-refractivity contribution in [2.45, 2.75) is 145 Å². The predicted octanol–water partition coefficient (Wildman–Crippen LogP) is 5.15. The van der Waals surface area contributed by atoms with Crippen LogP contribution in [-0.4, -0.2) is 155 Å². The third-order valence-electron chi connectivity index (χ3n) is 15.0. The monoisotopic (exact) mass is 1060 g/mol. The molecule has 8 heterocycles. The van der Waals surface area contributed by atoms with Gasteiger partial charge >= 0.3 is 5.97 Å². The molecule has 4 atom stereocenters. The number of esters is 1. The van der Waals surface area contributed by atoms with E-state index in [0.29, 0.717) is 31.1 Å². The fourth-order valence-corrected chi connectivity index (χ4v) is 14.7. The summed E-state index contributed by atoms with van der Waals surface area (Å²) in [5.41, 5.74) is 11.6.